The third kappa shape index (κ3) is 9.04. The highest BCUT2D eigenvalue weighted by molar-refractivity contribution is 7.72. The predicted octanol–water partition coefficient (Wildman–Crippen LogP) is 7.70. The van der Waals surface area contributed by atoms with E-state index in [4.69, 9.17) is 44.6 Å². The van der Waals surface area contributed by atoms with Crippen LogP contribution in [0.25, 0.3) is 0 Å². The minimum atomic E-state index is -4.15. The van der Waals surface area contributed by atoms with E-state index in [0.29, 0.717) is 22.7 Å². The molecule has 0 saturated heterocycles. The molecule has 4 aromatic carbocycles. The highest BCUT2D eigenvalue weighted by Crippen LogP contribution is 2.68. The molecule has 0 radical (unpaired) electrons. The molecule has 290 valence electrons. The lowest BCUT2D eigenvalue weighted by Gasteiger charge is -2.42. The summed E-state index contributed by atoms with van der Waals surface area (Å²) >= 11 is 0. The maximum atomic E-state index is 16.4. The molecule has 0 spiro atoms. The van der Waals surface area contributed by atoms with Gasteiger partial charge in [-0.1, -0.05) is 41.9 Å². The topological polar surface area (TPSA) is 102 Å². The molecule has 4 N–H and O–H groups in total. The molecule has 56 heavy (non-hydrogen) atoms. The standard InChI is InChI=1S/C42H39F4N4O5P/c1-6-18-47-34-14-10-30(22-38(34)52-26-43)42(31-11-15-35(48-19-7-2)39(23-31)53-27-44,32-12-16-36(49-20-8-3)40(24-32)54-28-45)56(5,51)33-13-17-37(50-21-9-4)41(25-33)55-29-46/h1-4,10-17,22-25,47-50H,18-21,26-29H2,5H3. The van der Waals surface area contributed by atoms with Crippen LogP contribution in [-0.4, -0.2) is 60.3 Å². The van der Waals surface area contributed by atoms with Gasteiger partial charge in [-0.2, -0.15) is 0 Å². The molecule has 1 unspecified atom stereocenters. The third-order valence-corrected chi connectivity index (χ3v) is 12.0. The van der Waals surface area contributed by atoms with Gasteiger partial charge in [-0.3, -0.25) is 0 Å². The number of ether oxygens (including phenoxy) is 4. The highest BCUT2D eigenvalue weighted by Gasteiger charge is 2.51. The lowest BCUT2D eigenvalue weighted by molar-refractivity contribution is 0.192. The van der Waals surface area contributed by atoms with Gasteiger partial charge in [0.15, 0.2) is 0 Å². The van der Waals surface area contributed by atoms with Crippen molar-refractivity contribution in [2.45, 2.75) is 5.16 Å². The van der Waals surface area contributed by atoms with Gasteiger partial charge in [0.2, 0.25) is 27.4 Å². The number of terminal acetylenes is 4. The molecule has 0 aromatic heterocycles. The first-order valence-electron chi connectivity index (χ1n) is 16.8. The maximum absolute atomic E-state index is 16.4. The quantitative estimate of drug-likeness (QED) is 0.0293. The Kier molecular flexibility index (Phi) is 15.3. The molecule has 0 saturated carbocycles. The average molecular weight is 787 g/mol. The predicted molar refractivity (Wildman–Crippen MR) is 215 cm³/mol. The average Bonchev–Trinajstić information content (AvgIpc) is 3.20. The fraction of sp³-hybridized carbons (Fsp3) is 0.238. The largest absolute Gasteiger partial charge is 0.461 e. The zero-order valence-corrected chi connectivity index (χ0v) is 31.3. The van der Waals surface area contributed by atoms with E-state index in [2.05, 4.69) is 44.9 Å². The zero-order chi connectivity index (χ0) is 40.6. The Morgan fingerprint density at radius 3 is 1.09 bits per heavy atom. The van der Waals surface area contributed by atoms with E-state index < -0.39 is 39.7 Å². The van der Waals surface area contributed by atoms with Crippen LogP contribution in [0.4, 0.5) is 40.3 Å². The summed E-state index contributed by atoms with van der Waals surface area (Å²) in [6, 6.07) is 18.6. The number of anilines is 4. The van der Waals surface area contributed by atoms with E-state index in [0.717, 1.165) is 0 Å². The Bertz CT molecular complexity index is 2040. The number of alkyl halides is 4. The smallest absolute Gasteiger partial charge is 0.228 e. The summed E-state index contributed by atoms with van der Waals surface area (Å²) in [7, 11) is -4.15. The molecule has 0 amide bonds. The Morgan fingerprint density at radius 2 is 0.804 bits per heavy atom. The number of nitrogens with one attached hydrogen (secondary N) is 4. The highest BCUT2D eigenvalue weighted by atomic mass is 31.2. The summed E-state index contributed by atoms with van der Waals surface area (Å²) < 4.78 is 93.9. The molecule has 9 nitrogen and oxygen atoms in total. The molecule has 0 aliphatic rings. The molecule has 1 atom stereocenters. The van der Waals surface area contributed by atoms with Crippen LogP contribution < -0.4 is 45.5 Å². The minimum absolute atomic E-state index is 0.0000126. The van der Waals surface area contributed by atoms with Gasteiger partial charge in [0, 0.05) is 5.30 Å². The molecule has 0 aliphatic heterocycles. The second-order valence-corrected chi connectivity index (χ2v) is 14.7. The Morgan fingerprint density at radius 1 is 0.518 bits per heavy atom. The second-order valence-electron chi connectivity index (χ2n) is 11.7. The molecule has 0 fully saturated rings. The normalized spacial score (nSPS) is 11.7. The fourth-order valence-corrected chi connectivity index (χ4v) is 9.34. The van der Waals surface area contributed by atoms with E-state index in [1.165, 1.54) is 37.0 Å². The van der Waals surface area contributed by atoms with Gasteiger partial charge in [0.25, 0.3) is 0 Å². The van der Waals surface area contributed by atoms with Crippen LogP contribution in [0.1, 0.15) is 16.7 Å². The van der Waals surface area contributed by atoms with Crippen molar-refractivity contribution >= 4 is 35.2 Å². The number of halogens is 4. The number of hydrogen-bond acceptors (Lipinski definition) is 9. The summed E-state index contributed by atoms with van der Waals surface area (Å²) in [5, 5.41) is 10.2. The summed E-state index contributed by atoms with van der Waals surface area (Å²) in [5.74, 6) is 9.79. The summed E-state index contributed by atoms with van der Waals surface area (Å²) in [4.78, 5) is 0. The lowest BCUT2D eigenvalue weighted by atomic mass is 9.83. The van der Waals surface area contributed by atoms with E-state index in [1.807, 2.05) is 0 Å². The van der Waals surface area contributed by atoms with Crippen molar-refractivity contribution in [1.29, 1.82) is 0 Å². The van der Waals surface area contributed by atoms with Crippen molar-refractivity contribution in [2.75, 3.05) is 81.6 Å². The molecule has 0 aliphatic carbocycles. The summed E-state index contributed by atoms with van der Waals surface area (Å²) in [6.45, 7) is -3.22. The van der Waals surface area contributed by atoms with Gasteiger partial charge in [-0.25, -0.2) is 17.6 Å². The van der Waals surface area contributed by atoms with Gasteiger partial charge < -0.3 is 44.8 Å². The first kappa shape index (κ1) is 42.2. The molecular weight excluding hydrogens is 747 g/mol. The summed E-state index contributed by atoms with van der Waals surface area (Å²) in [6.07, 6.45) is 21.9. The maximum Gasteiger partial charge on any atom is 0.228 e. The molecular formula is C42H39F4N4O5P. The Hall–Kier alpha value is -6.53. The van der Waals surface area contributed by atoms with Crippen molar-refractivity contribution in [1.82, 2.24) is 0 Å². The fourth-order valence-electron chi connectivity index (χ4n) is 6.33. The molecule has 14 heteroatoms. The van der Waals surface area contributed by atoms with Crippen LogP contribution in [-0.2, 0) is 9.72 Å². The zero-order valence-electron chi connectivity index (χ0n) is 30.4. The van der Waals surface area contributed by atoms with Crippen molar-refractivity contribution in [3.8, 4) is 72.4 Å². The van der Waals surface area contributed by atoms with Crippen LogP contribution in [0.2, 0.25) is 0 Å². The van der Waals surface area contributed by atoms with Crippen LogP contribution in [0.3, 0.4) is 0 Å². The third-order valence-electron chi connectivity index (χ3n) is 8.66. The lowest BCUT2D eigenvalue weighted by Crippen LogP contribution is -2.34. The van der Waals surface area contributed by atoms with Crippen molar-refractivity contribution in [3.05, 3.63) is 89.5 Å². The van der Waals surface area contributed by atoms with E-state index >= 15 is 4.57 Å². The van der Waals surface area contributed by atoms with Crippen molar-refractivity contribution in [3.63, 3.8) is 0 Å². The number of rotatable bonds is 21. The van der Waals surface area contributed by atoms with Crippen LogP contribution in [0, 0.1) is 49.4 Å². The van der Waals surface area contributed by atoms with Gasteiger partial charge in [-0.15, -0.1) is 25.7 Å². The van der Waals surface area contributed by atoms with Gasteiger partial charge in [-0.05, 0) is 78.0 Å². The molecule has 4 aromatic rings. The Labute approximate surface area is 324 Å². The number of benzene rings is 4. The SMILES string of the molecule is C#CCNc1ccc(C(c2ccc(NCC#C)c(OCF)c2)(c2ccc(NCC#C)c(OCF)c2)P(C)(=O)c2ccc(NCC#C)c(OCF)c2)cc1OCF. The van der Waals surface area contributed by atoms with Crippen molar-refractivity contribution in [2.24, 2.45) is 0 Å². The van der Waals surface area contributed by atoms with Gasteiger partial charge in [0.05, 0.1) is 48.9 Å². The first-order chi connectivity index (χ1) is 27.2. The first-order valence-corrected chi connectivity index (χ1v) is 19.0. The van der Waals surface area contributed by atoms with Crippen LogP contribution >= 0.6 is 7.14 Å². The van der Waals surface area contributed by atoms with Gasteiger partial charge >= 0.3 is 0 Å². The molecule has 4 rings (SSSR count). The van der Waals surface area contributed by atoms with Crippen molar-refractivity contribution < 1.29 is 41.1 Å². The minimum Gasteiger partial charge on any atom is -0.461 e. The van der Waals surface area contributed by atoms with E-state index in [-0.39, 0.29) is 71.2 Å². The molecule has 0 heterocycles. The number of hydrogen-bond donors (Lipinski definition) is 4. The van der Waals surface area contributed by atoms with Crippen LogP contribution in [0.15, 0.2) is 72.8 Å². The molecule has 0 bridgehead atoms. The van der Waals surface area contributed by atoms with E-state index in [1.54, 1.807) is 42.5 Å². The monoisotopic (exact) mass is 786 g/mol. The van der Waals surface area contributed by atoms with Gasteiger partial charge in [0.1, 0.15) is 35.3 Å². The Balaban J connectivity index is 2.26. The van der Waals surface area contributed by atoms with E-state index in [9.17, 15) is 17.6 Å². The second kappa shape index (κ2) is 20.2. The van der Waals surface area contributed by atoms with Crippen LogP contribution in [0.5, 0.6) is 23.0 Å². The summed E-state index contributed by atoms with van der Waals surface area (Å²) in [5.41, 5.74) is 2.04.